The Kier molecular flexibility index (Phi) is 5.43. The average molecular weight is 400 g/mol. The molecular formula is C23H20N4O3. The van der Waals surface area contributed by atoms with Gasteiger partial charge in [0.2, 0.25) is 0 Å². The van der Waals surface area contributed by atoms with Crippen molar-refractivity contribution in [1.29, 1.82) is 0 Å². The number of aromatic hydroxyl groups is 1. The molecule has 0 fully saturated rings. The summed E-state index contributed by atoms with van der Waals surface area (Å²) in [7, 11) is 0. The molecule has 0 aliphatic rings. The minimum atomic E-state index is -0.439. The topological polar surface area (TPSA) is 99.6 Å². The summed E-state index contributed by atoms with van der Waals surface area (Å²) in [5, 5.41) is 22.9. The average Bonchev–Trinajstić information content (AvgIpc) is 3.26. The minimum absolute atomic E-state index is 0.0877. The van der Waals surface area contributed by atoms with Gasteiger partial charge in [-0.1, -0.05) is 42.5 Å². The molecule has 4 rings (SSSR count). The van der Waals surface area contributed by atoms with Gasteiger partial charge in [-0.3, -0.25) is 9.89 Å². The molecule has 1 aromatic heterocycles. The molecule has 0 radical (unpaired) electrons. The molecule has 0 bridgehead atoms. The molecule has 150 valence electrons. The van der Waals surface area contributed by atoms with Crippen LogP contribution in [0.5, 0.6) is 11.5 Å². The highest BCUT2D eigenvalue weighted by molar-refractivity contribution is 6.03. The molecule has 3 N–H and O–H groups in total. The van der Waals surface area contributed by atoms with Gasteiger partial charge in [-0.25, -0.2) is 5.43 Å². The lowest BCUT2D eigenvalue weighted by molar-refractivity contribution is 0.0950. The lowest BCUT2D eigenvalue weighted by atomic mass is 10.0. The van der Waals surface area contributed by atoms with Gasteiger partial charge in [-0.15, -0.1) is 0 Å². The van der Waals surface area contributed by atoms with Crippen molar-refractivity contribution in [3.8, 4) is 22.8 Å². The minimum Gasteiger partial charge on any atom is -0.507 e. The molecule has 1 heterocycles. The van der Waals surface area contributed by atoms with E-state index in [9.17, 15) is 9.90 Å². The molecule has 7 heteroatoms. The number of ether oxygens (including phenoxy) is 1. The normalized spacial score (nSPS) is 11.1. The number of nitrogens with one attached hydrogen (secondary N) is 2. The van der Waals surface area contributed by atoms with Crippen LogP contribution in [0.4, 0.5) is 0 Å². The van der Waals surface area contributed by atoms with Crippen molar-refractivity contribution in [2.75, 3.05) is 6.61 Å². The van der Waals surface area contributed by atoms with E-state index in [4.69, 9.17) is 4.74 Å². The zero-order valence-electron chi connectivity index (χ0n) is 16.3. The Morgan fingerprint density at radius 1 is 1.17 bits per heavy atom. The van der Waals surface area contributed by atoms with Crippen LogP contribution in [-0.2, 0) is 0 Å². The van der Waals surface area contributed by atoms with Crippen molar-refractivity contribution in [3.63, 3.8) is 0 Å². The van der Waals surface area contributed by atoms with Gasteiger partial charge in [-0.05, 0) is 42.0 Å². The summed E-state index contributed by atoms with van der Waals surface area (Å²) >= 11 is 0. The smallest absolute Gasteiger partial charge is 0.289 e. The zero-order chi connectivity index (χ0) is 20.9. The Hall–Kier alpha value is -4.13. The van der Waals surface area contributed by atoms with E-state index in [1.165, 1.54) is 6.21 Å². The third-order valence-electron chi connectivity index (χ3n) is 4.57. The van der Waals surface area contributed by atoms with E-state index in [-0.39, 0.29) is 11.4 Å². The summed E-state index contributed by atoms with van der Waals surface area (Å²) < 4.78 is 5.50. The van der Waals surface area contributed by atoms with Crippen molar-refractivity contribution in [2.45, 2.75) is 6.92 Å². The molecule has 0 saturated heterocycles. The SMILES string of the molecule is CCOc1cccc(-c2cc(C(=O)N/N=C\c3c(O)ccc4ccccc34)[nH]n2)c1. The van der Waals surface area contributed by atoms with Gasteiger partial charge in [-0.2, -0.15) is 10.2 Å². The van der Waals surface area contributed by atoms with Crippen LogP contribution in [0.3, 0.4) is 0 Å². The number of hydrogen-bond acceptors (Lipinski definition) is 5. The standard InChI is InChI=1S/C23H20N4O3/c1-2-30-17-8-5-7-16(12-17)20-13-21(26-25-20)23(29)27-24-14-19-18-9-4-3-6-15(18)10-11-22(19)28/h3-14,28H,2H2,1H3,(H,25,26)(H,27,29)/b24-14-. The second kappa shape index (κ2) is 8.48. The van der Waals surface area contributed by atoms with Gasteiger partial charge < -0.3 is 9.84 Å². The highest BCUT2D eigenvalue weighted by atomic mass is 16.5. The number of carbonyl (C=O) groups is 1. The highest BCUT2D eigenvalue weighted by Crippen LogP contribution is 2.25. The highest BCUT2D eigenvalue weighted by Gasteiger charge is 2.11. The summed E-state index contributed by atoms with van der Waals surface area (Å²) in [6, 6.07) is 20.2. The fourth-order valence-electron chi connectivity index (χ4n) is 3.13. The Morgan fingerprint density at radius 2 is 2.03 bits per heavy atom. The van der Waals surface area contributed by atoms with E-state index in [0.29, 0.717) is 17.9 Å². The zero-order valence-corrected chi connectivity index (χ0v) is 16.3. The maximum atomic E-state index is 12.4. The van der Waals surface area contributed by atoms with Gasteiger partial charge in [0.05, 0.1) is 18.5 Å². The first-order valence-corrected chi connectivity index (χ1v) is 9.48. The van der Waals surface area contributed by atoms with Gasteiger partial charge in [0.15, 0.2) is 0 Å². The fourth-order valence-corrected chi connectivity index (χ4v) is 3.13. The molecule has 0 aliphatic carbocycles. The molecule has 30 heavy (non-hydrogen) atoms. The quantitative estimate of drug-likeness (QED) is 0.335. The monoisotopic (exact) mass is 400 g/mol. The molecule has 7 nitrogen and oxygen atoms in total. The van der Waals surface area contributed by atoms with E-state index in [1.807, 2.05) is 61.5 Å². The summed E-state index contributed by atoms with van der Waals surface area (Å²) in [5.74, 6) is 0.388. The first-order valence-electron chi connectivity index (χ1n) is 9.48. The van der Waals surface area contributed by atoms with Gasteiger partial charge in [0.25, 0.3) is 5.91 Å². The lowest BCUT2D eigenvalue weighted by Crippen LogP contribution is -2.18. The number of nitrogens with zero attached hydrogens (tertiary/aromatic N) is 2. The number of rotatable bonds is 6. The summed E-state index contributed by atoms with van der Waals surface area (Å²) in [4.78, 5) is 12.4. The fraction of sp³-hybridized carbons (Fsp3) is 0.0870. The number of aromatic amines is 1. The number of aromatic nitrogens is 2. The molecule has 0 aliphatic heterocycles. The molecular weight excluding hydrogens is 380 g/mol. The van der Waals surface area contributed by atoms with Gasteiger partial charge >= 0.3 is 0 Å². The van der Waals surface area contributed by atoms with Crippen LogP contribution in [0, 0.1) is 0 Å². The van der Waals surface area contributed by atoms with Gasteiger partial charge in [0.1, 0.15) is 17.2 Å². The number of phenolic OH excluding ortho intramolecular Hbond substituents is 1. The number of fused-ring (bicyclic) bond motifs is 1. The number of carbonyl (C=O) groups excluding carboxylic acids is 1. The van der Waals surface area contributed by atoms with Crippen LogP contribution in [0.2, 0.25) is 0 Å². The van der Waals surface area contributed by atoms with Gasteiger partial charge in [0, 0.05) is 11.1 Å². The molecule has 3 aromatic carbocycles. The van der Waals surface area contributed by atoms with Crippen LogP contribution in [0.25, 0.3) is 22.0 Å². The number of hydrazone groups is 1. The van der Waals surface area contributed by atoms with Crippen molar-refractivity contribution in [3.05, 3.63) is 78.0 Å². The molecule has 0 atom stereocenters. The van der Waals surface area contributed by atoms with E-state index < -0.39 is 5.91 Å². The summed E-state index contributed by atoms with van der Waals surface area (Å²) in [6.45, 7) is 2.49. The first kappa shape index (κ1) is 19.2. The van der Waals surface area contributed by atoms with Crippen LogP contribution in [0.1, 0.15) is 23.0 Å². The Balaban J connectivity index is 1.49. The Bertz CT molecular complexity index is 1230. The van der Waals surface area contributed by atoms with Crippen molar-refractivity contribution in [2.24, 2.45) is 5.10 Å². The number of benzene rings is 3. The van der Waals surface area contributed by atoms with Crippen LogP contribution in [0.15, 0.2) is 71.8 Å². The maximum absolute atomic E-state index is 12.4. The predicted molar refractivity (Wildman–Crippen MR) is 116 cm³/mol. The molecule has 1 amide bonds. The lowest BCUT2D eigenvalue weighted by Gasteiger charge is -2.04. The van der Waals surface area contributed by atoms with E-state index >= 15 is 0 Å². The van der Waals surface area contributed by atoms with Crippen molar-refractivity contribution in [1.82, 2.24) is 15.6 Å². The third kappa shape index (κ3) is 4.00. The van der Waals surface area contributed by atoms with E-state index in [2.05, 4.69) is 20.7 Å². The predicted octanol–water partition coefficient (Wildman–Crippen LogP) is 4.10. The van der Waals surface area contributed by atoms with E-state index in [0.717, 1.165) is 22.1 Å². The molecule has 0 saturated carbocycles. The number of H-pyrrole nitrogens is 1. The summed E-state index contributed by atoms with van der Waals surface area (Å²) in [6.07, 6.45) is 1.43. The van der Waals surface area contributed by atoms with Crippen LogP contribution < -0.4 is 10.2 Å². The molecule has 0 spiro atoms. The molecule has 0 unspecified atom stereocenters. The van der Waals surface area contributed by atoms with Crippen molar-refractivity contribution < 1.29 is 14.6 Å². The second-order valence-corrected chi connectivity index (χ2v) is 6.55. The first-order chi connectivity index (χ1) is 14.7. The van der Waals surface area contributed by atoms with E-state index in [1.54, 1.807) is 12.1 Å². The van der Waals surface area contributed by atoms with Crippen LogP contribution in [-0.4, -0.2) is 34.0 Å². The Labute approximate surface area is 173 Å². The third-order valence-corrected chi connectivity index (χ3v) is 4.57. The number of amides is 1. The number of phenols is 1. The number of hydrogen-bond donors (Lipinski definition) is 3. The second-order valence-electron chi connectivity index (χ2n) is 6.55. The maximum Gasteiger partial charge on any atom is 0.289 e. The van der Waals surface area contributed by atoms with Crippen LogP contribution >= 0.6 is 0 Å². The Morgan fingerprint density at radius 3 is 2.90 bits per heavy atom. The molecule has 4 aromatic rings. The largest absolute Gasteiger partial charge is 0.507 e. The van der Waals surface area contributed by atoms with Crippen molar-refractivity contribution >= 4 is 22.9 Å². The summed E-state index contributed by atoms with van der Waals surface area (Å²) in [5.41, 5.74) is 4.72.